The van der Waals surface area contributed by atoms with Gasteiger partial charge < -0.3 is 9.88 Å². The standard InChI is InChI=1S/C15H19N3O2/c1-4-17-6-5-13(10-17)9-16-14-8-15(18(19)20)12(3)7-11(14)2/h5-8,10,16H,4,9H2,1-3H3. The maximum atomic E-state index is 11.0. The summed E-state index contributed by atoms with van der Waals surface area (Å²) in [6.45, 7) is 7.40. The molecule has 5 nitrogen and oxygen atoms in total. The second-order valence-electron chi connectivity index (χ2n) is 4.91. The molecule has 0 atom stereocenters. The van der Waals surface area contributed by atoms with Crippen LogP contribution in [0.3, 0.4) is 0 Å². The molecule has 1 aromatic carbocycles. The molecule has 0 saturated carbocycles. The first-order valence-electron chi connectivity index (χ1n) is 6.65. The number of rotatable bonds is 5. The second kappa shape index (κ2) is 5.77. The van der Waals surface area contributed by atoms with E-state index in [4.69, 9.17) is 0 Å². The van der Waals surface area contributed by atoms with Crippen molar-refractivity contribution in [1.82, 2.24) is 4.57 Å². The number of nitrogens with zero attached hydrogens (tertiary/aromatic N) is 2. The van der Waals surface area contributed by atoms with Gasteiger partial charge in [-0.2, -0.15) is 0 Å². The fraction of sp³-hybridized carbons (Fsp3) is 0.333. The van der Waals surface area contributed by atoms with Gasteiger partial charge in [0, 0.05) is 42.8 Å². The van der Waals surface area contributed by atoms with Gasteiger partial charge in [-0.05, 0) is 44.0 Å². The molecule has 2 aromatic rings. The zero-order valence-electron chi connectivity index (χ0n) is 12.0. The molecule has 0 aliphatic rings. The van der Waals surface area contributed by atoms with Crippen LogP contribution in [0.2, 0.25) is 0 Å². The van der Waals surface area contributed by atoms with Crippen LogP contribution >= 0.6 is 0 Å². The van der Waals surface area contributed by atoms with Crippen LogP contribution in [0.15, 0.2) is 30.6 Å². The second-order valence-corrected chi connectivity index (χ2v) is 4.91. The largest absolute Gasteiger partial charge is 0.380 e. The smallest absolute Gasteiger partial charge is 0.274 e. The summed E-state index contributed by atoms with van der Waals surface area (Å²) >= 11 is 0. The molecule has 0 spiro atoms. The van der Waals surface area contributed by atoms with Crippen LogP contribution in [-0.2, 0) is 13.1 Å². The Morgan fingerprint density at radius 1 is 1.30 bits per heavy atom. The zero-order chi connectivity index (χ0) is 14.7. The highest BCUT2D eigenvalue weighted by molar-refractivity contribution is 5.60. The van der Waals surface area contributed by atoms with Crippen molar-refractivity contribution in [3.8, 4) is 0 Å². The van der Waals surface area contributed by atoms with Gasteiger partial charge in [0.1, 0.15) is 0 Å². The van der Waals surface area contributed by atoms with Gasteiger partial charge in [-0.1, -0.05) is 0 Å². The van der Waals surface area contributed by atoms with Crippen LogP contribution in [-0.4, -0.2) is 9.49 Å². The van der Waals surface area contributed by atoms with Gasteiger partial charge in [0.15, 0.2) is 0 Å². The monoisotopic (exact) mass is 273 g/mol. The van der Waals surface area contributed by atoms with Crippen molar-refractivity contribution >= 4 is 11.4 Å². The van der Waals surface area contributed by atoms with E-state index < -0.39 is 0 Å². The van der Waals surface area contributed by atoms with Gasteiger partial charge in [-0.15, -0.1) is 0 Å². The number of hydrogen-bond acceptors (Lipinski definition) is 3. The molecule has 1 N–H and O–H groups in total. The highest BCUT2D eigenvalue weighted by atomic mass is 16.6. The van der Waals surface area contributed by atoms with E-state index in [0.29, 0.717) is 12.1 Å². The first-order valence-corrected chi connectivity index (χ1v) is 6.65. The maximum absolute atomic E-state index is 11.0. The molecule has 0 radical (unpaired) electrons. The Balaban J connectivity index is 2.16. The van der Waals surface area contributed by atoms with Gasteiger partial charge in [0.25, 0.3) is 5.69 Å². The highest BCUT2D eigenvalue weighted by Gasteiger charge is 2.13. The van der Waals surface area contributed by atoms with Crippen molar-refractivity contribution in [3.05, 3.63) is 57.4 Å². The molecule has 0 bridgehead atoms. The number of nitro groups is 1. The molecule has 0 unspecified atom stereocenters. The average molecular weight is 273 g/mol. The molecule has 0 saturated heterocycles. The maximum Gasteiger partial charge on any atom is 0.274 e. The van der Waals surface area contributed by atoms with E-state index in [9.17, 15) is 10.1 Å². The van der Waals surface area contributed by atoms with Gasteiger partial charge in [-0.3, -0.25) is 10.1 Å². The zero-order valence-corrected chi connectivity index (χ0v) is 12.0. The van der Waals surface area contributed by atoms with Crippen molar-refractivity contribution in [2.75, 3.05) is 5.32 Å². The molecule has 0 aliphatic heterocycles. The number of aryl methyl sites for hydroxylation is 3. The molecule has 1 aromatic heterocycles. The van der Waals surface area contributed by atoms with Crippen LogP contribution in [0, 0.1) is 24.0 Å². The molecular formula is C15H19N3O2. The minimum absolute atomic E-state index is 0.157. The van der Waals surface area contributed by atoms with E-state index in [0.717, 1.165) is 23.4 Å². The fourth-order valence-electron chi connectivity index (χ4n) is 2.22. The number of nitrogens with one attached hydrogen (secondary N) is 1. The van der Waals surface area contributed by atoms with E-state index in [-0.39, 0.29) is 10.6 Å². The minimum Gasteiger partial charge on any atom is -0.380 e. The predicted octanol–water partition coefficient (Wildman–Crippen LogP) is 3.65. The quantitative estimate of drug-likeness (QED) is 0.668. The topological polar surface area (TPSA) is 60.1 Å². The average Bonchev–Trinajstić information content (AvgIpc) is 2.85. The summed E-state index contributed by atoms with van der Waals surface area (Å²) in [6.07, 6.45) is 4.10. The van der Waals surface area contributed by atoms with Crippen molar-refractivity contribution in [2.24, 2.45) is 0 Å². The lowest BCUT2D eigenvalue weighted by atomic mass is 10.1. The molecule has 0 fully saturated rings. The van der Waals surface area contributed by atoms with Crippen LogP contribution < -0.4 is 5.32 Å². The SMILES string of the molecule is CCn1ccc(CNc2cc([N+](=O)[O-])c(C)cc2C)c1. The van der Waals surface area contributed by atoms with Gasteiger partial charge in [0.2, 0.25) is 0 Å². The van der Waals surface area contributed by atoms with Crippen molar-refractivity contribution in [3.63, 3.8) is 0 Å². The van der Waals surface area contributed by atoms with Crippen LogP contribution in [0.1, 0.15) is 23.6 Å². The number of aromatic nitrogens is 1. The first kappa shape index (κ1) is 14.1. The lowest BCUT2D eigenvalue weighted by molar-refractivity contribution is -0.385. The van der Waals surface area contributed by atoms with E-state index in [1.165, 1.54) is 0 Å². The van der Waals surface area contributed by atoms with E-state index in [2.05, 4.69) is 29.1 Å². The summed E-state index contributed by atoms with van der Waals surface area (Å²) in [4.78, 5) is 10.6. The third-order valence-electron chi connectivity index (χ3n) is 3.40. The Morgan fingerprint density at radius 3 is 2.65 bits per heavy atom. The van der Waals surface area contributed by atoms with Crippen molar-refractivity contribution in [1.29, 1.82) is 0 Å². The van der Waals surface area contributed by atoms with Crippen LogP contribution in [0.5, 0.6) is 0 Å². The van der Waals surface area contributed by atoms with Gasteiger partial charge in [-0.25, -0.2) is 0 Å². The summed E-state index contributed by atoms with van der Waals surface area (Å²) in [5.41, 5.74) is 3.84. The number of hydrogen-bond donors (Lipinski definition) is 1. The molecule has 5 heteroatoms. The van der Waals surface area contributed by atoms with E-state index in [1.807, 2.05) is 19.2 Å². The molecule has 1 heterocycles. The molecular weight excluding hydrogens is 254 g/mol. The van der Waals surface area contributed by atoms with Crippen LogP contribution in [0.4, 0.5) is 11.4 Å². The summed E-state index contributed by atoms with van der Waals surface area (Å²) in [7, 11) is 0. The lowest BCUT2D eigenvalue weighted by Gasteiger charge is -2.10. The third kappa shape index (κ3) is 2.99. The van der Waals surface area contributed by atoms with E-state index >= 15 is 0 Å². The normalized spacial score (nSPS) is 10.6. The lowest BCUT2D eigenvalue weighted by Crippen LogP contribution is -2.02. The third-order valence-corrected chi connectivity index (χ3v) is 3.40. The highest BCUT2D eigenvalue weighted by Crippen LogP contribution is 2.26. The Morgan fingerprint density at radius 2 is 2.05 bits per heavy atom. The van der Waals surface area contributed by atoms with Crippen LogP contribution in [0.25, 0.3) is 0 Å². The number of anilines is 1. The molecule has 2 rings (SSSR count). The Hall–Kier alpha value is -2.30. The summed E-state index contributed by atoms with van der Waals surface area (Å²) < 4.78 is 2.10. The molecule has 106 valence electrons. The summed E-state index contributed by atoms with van der Waals surface area (Å²) in [5.74, 6) is 0. The van der Waals surface area contributed by atoms with Gasteiger partial charge >= 0.3 is 0 Å². The summed E-state index contributed by atoms with van der Waals surface area (Å²) in [5, 5.41) is 14.2. The molecule has 0 amide bonds. The molecule has 0 aliphatic carbocycles. The molecule has 20 heavy (non-hydrogen) atoms. The first-order chi connectivity index (χ1) is 9.51. The predicted molar refractivity (Wildman–Crippen MR) is 80.0 cm³/mol. The minimum atomic E-state index is -0.340. The number of nitro benzene ring substituents is 1. The van der Waals surface area contributed by atoms with Gasteiger partial charge in [0.05, 0.1) is 4.92 Å². The van der Waals surface area contributed by atoms with Crippen molar-refractivity contribution in [2.45, 2.75) is 33.9 Å². The fourth-order valence-corrected chi connectivity index (χ4v) is 2.22. The van der Waals surface area contributed by atoms with Crippen molar-refractivity contribution < 1.29 is 4.92 Å². The Labute approximate surface area is 118 Å². The van der Waals surface area contributed by atoms with E-state index in [1.54, 1.807) is 13.0 Å². The Kier molecular flexibility index (Phi) is 4.08. The summed E-state index contributed by atoms with van der Waals surface area (Å²) in [6, 6.07) is 5.51. The number of benzene rings is 1. The Bertz CT molecular complexity index is 632.